The van der Waals surface area contributed by atoms with E-state index in [2.05, 4.69) is 189 Å². The zero-order valence-corrected chi connectivity index (χ0v) is 27.2. The Labute approximate surface area is 279 Å². The molecule has 9 aromatic rings. The maximum atomic E-state index is 3.77. The molecule has 0 saturated carbocycles. The summed E-state index contributed by atoms with van der Waals surface area (Å²) in [4.78, 5) is 2.36. The van der Waals surface area contributed by atoms with Gasteiger partial charge in [0.1, 0.15) is 0 Å². The van der Waals surface area contributed by atoms with Crippen molar-refractivity contribution in [3.63, 3.8) is 0 Å². The normalized spacial score (nSPS) is 11.6. The van der Waals surface area contributed by atoms with Crippen LogP contribution in [0.1, 0.15) is 0 Å². The molecule has 0 spiro atoms. The lowest BCUT2D eigenvalue weighted by Gasteiger charge is -2.26. The molecule has 0 aliphatic rings. The summed E-state index contributed by atoms with van der Waals surface area (Å²) >= 11 is 5.64. The predicted molar refractivity (Wildman–Crippen MR) is 201 cm³/mol. The van der Waals surface area contributed by atoms with Crippen LogP contribution in [0, 0.1) is 0 Å². The van der Waals surface area contributed by atoms with E-state index in [1.807, 2.05) is 11.3 Å². The fourth-order valence-electron chi connectivity index (χ4n) is 6.75. The summed E-state index contributed by atoms with van der Waals surface area (Å²) in [6, 6.07) is 59.1. The van der Waals surface area contributed by atoms with Crippen LogP contribution in [0.3, 0.4) is 0 Å². The van der Waals surface area contributed by atoms with Gasteiger partial charge in [-0.2, -0.15) is 0 Å². The molecule has 9 rings (SSSR count). The van der Waals surface area contributed by atoms with Crippen molar-refractivity contribution in [2.75, 3.05) is 4.90 Å². The molecule has 2 nitrogen and oxygen atoms in total. The lowest BCUT2D eigenvalue weighted by molar-refractivity contribution is 1.18. The van der Waals surface area contributed by atoms with E-state index in [4.69, 9.17) is 0 Å². The van der Waals surface area contributed by atoms with Crippen molar-refractivity contribution in [2.45, 2.75) is 0 Å². The average Bonchev–Trinajstić information content (AvgIpc) is 3.63. The largest absolute Gasteiger partial charge is 0.310 e. The number of fused-ring (bicyclic) bond motifs is 6. The minimum absolute atomic E-state index is 1.08. The molecule has 218 valence electrons. The summed E-state index contributed by atoms with van der Waals surface area (Å²) < 4.78 is 6.15. The summed E-state index contributed by atoms with van der Waals surface area (Å²) in [6.07, 6.45) is 0. The van der Waals surface area contributed by atoms with Crippen LogP contribution < -0.4 is 4.90 Å². The molecule has 0 aliphatic heterocycles. The van der Waals surface area contributed by atoms with Crippen LogP contribution in [0.5, 0.6) is 0 Å². The van der Waals surface area contributed by atoms with E-state index in [1.165, 1.54) is 47.5 Å². The first-order valence-corrected chi connectivity index (χ1v) is 17.0. The smallest absolute Gasteiger partial charge is 0.0561 e. The third kappa shape index (κ3) is 4.45. The van der Waals surface area contributed by atoms with Gasteiger partial charge in [0.15, 0.2) is 0 Å². The Morgan fingerprint density at radius 1 is 0.457 bits per heavy atom. The number of hydrogen-bond donors (Lipinski definition) is 0. The second kappa shape index (κ2) is 11.0. The number of anilines is 3. The number of hydrogen-bond acceptors (Lipinski definition) is 2. The van der Waals surface area contributed by atoms with Crippen molar-refractivity contribution in [1.82, 2.24) is 4.57 Å². The minimum Gasteiger partial charge on any atom is -0.310 e. The Morgan fingerprint density at radius 3 is 2.00 bits per heavy atom. The van der Waals surface area contributed by atoms with Gasteiger partial charge < -0.3 is 9.47 Å². The van der Waals surface area contributed by atoms with Gasteiger partial charge in [-0.05, 0) is 83.9 Å². The van der Waals surface area contributed by atoms with E-state index in [-0.39, 0.29) is 0 Å². The van der Waals surface area contributed by atoms with Crippen molar-refractivity contribution in [2.24, 2.45) is 0 Å². The Kier molecular flexibility index (Phi) is 6.51. The summed E-state index contributed by atoms with van der Waals surface area (Å²) in [7, 11) is 0. The highest BCUT2D eigenvalue weighted by molar-refractivity contribution is 9.10. The van der Waals surface area contributed by atoms with Crippen LogP contribution in [0.15, 0.2) is 168 Å². The minimum atomic E-state index is 1.08. The number of nitrogens with zero attached hydrogens (tertiary/aromatic N) is 2. The molecule has 0 bridgehead atoms. The number of benzene rings is 7. The Bertz CT molecular complexity index is 2550. The Hall–Kier alpha value is -5.16. The SMILES string of the molecule is Brc1ccccc1-c1cccc(N(c2ccccc2)c2ccc3c4cc5c(cc4n(-c4ccccc4)c3c2)sc2ccccc25)c1. The molecule has 0 atom stereocenters. The fraction of sp³-hybridized carbons (Fsp3) is 0. The molecule has 0 radical (unpaired) electrons. The highest BCUT2D eigenvalue weighted by atomic mass is 79.9. The molecule has 0 N–H and O–H groups in total. The van der Waals surface area contributed by atoms with Gasteiger partial charge in [-0.1, -0.05) is 107 Å². The van der Waals surface area contributed by atoms with E-state index >= 15 is 0 Å². The van der Waals surface area contributed by atoms with E-state index in [0.29, 0.717) is 0 Å². The molecular formula is C42H27BrN2S. The molecule has 2 heterocycles. The summed E-state index contributed by atoms with van der Waals surface area (Å²) in [5.41, 5.74) is 9.22. The van der Waals surface area contributed by atoms with Gasteiger partial charge >= 0.3 is 0 Å². The fourth-order valence-corrected chi connectivity index (χ4v) is 8.38. The molecule has 2 aromatic heterocycles. The molecule has 4 heteroatoms. The molecule has 0 fully saturated rings. The Morgan fingerprint density at radius 2 is 1.15 bits per heavy atom. The van der Waals surface area contributed by atoms with E-state index in [9.17, 15) is 0 Å². The van der Waals surface area contributed by atoms with E-state index < -0.39 is 0 Å². The number of rotatable bonds is 5. The van der Waals surface area contributed by atoms with Gasteiger partial charge in [-0.3, -0.25) is 0 Å². The van der Waals surface area contributed by atoms with Crippen molar-refractivity contribution in [3.05, 3.63) is 168 Å². The zero-order valence-electron chi connectivity index (χ0n) is 24.8. The highest BCUT2D eigenvalue weighted by Gasteiger charge is 2.19. The lowest BCUT2D eigenvalue weighted by Crippen LogP contribution is -2.10. The number of halogens is 1. The Balaban J connectivity index is 1.31. The van der Waals surface area contributed by atoms with E-state index in [1.54, 1.807) is 0 Å². The first-order valence-electron chi connectivity index (χ1n) is 15.4. The first-order chi connectivity index (χ1) is 22.7. The third-order valence-electron chi connectivity index (χ3n) is 8.82. The van der Waals surface area contributed by atoms with Crippen molar-refractivity contribution in [3.8, 4) is 16.8 Å². The average molecular weight is 672 g/mol. The number of thiophene rings is 1. The van der Waals surface area contributed by atoms with Crippen LogP contribution in [-0.4, -0.2) is 4.57 Å². The molecule has 0 aliphatic carbocycles. The summed E-state index contributed by atoms with van der Waals surface area (Å²) in [5, 5.41) is 5.15. The van der Waals surface area contributed by atoms with Crippen LogP contribution in [0.25, 0.3) is 58.8 Å². The summed E-state index contributed by atoms with van der Waals surface area (Å²) in [6.45, 7) is 0. The van der Waals surface area contributed by atoms with Crippen LogP contribution in [0.4, 0.5) is 17.1 Å². The molecule has 0 unspecified atom stereocenters. The number of aromatic nitrogens is 1. The number of para-hydroxylation sites is 2. The third-order valence-corrected chi connectivity index (χ3v) is 10.6. The van der Waals surface area contributed by atoms with Gasteiger partial charge in [-0.25, -0.2) is 0 Å². The van der Waals surface area contributed by atoms with Crippen LogP contribution in [0.2, 0.25) is 0 Å². The molecule has 7 aromatic carbocycles. The quantitative estimate of drug-likeness (QED) is 0.177. The van der Waals surface area contributed by atoms with Gasteiger partial charge in [-0.15, -0.1) is 11.3 Å². The zero-order chi connectivity index (χ0) is 30.6. The molecular weight excluding hydrogens is 644 g/mol. The van der Waals surface area contributed by atoms with Crippen LogP contribution >= 0.6 is 27.3 Å². The maximum Gasteiger partial charge on any atom is 0.0561 e. The lowest BCUT2D eigenvalue weighted by atomic mass is 10.0. The summed E-state index contributed by atoms with van der Waals surface area (Å²) in [5.74, 6) is 0. The highest BCUT2D eigenvalue weighted by Crippen LogP contribution is 2.43. The van der Waals surface area contributed by atoms with Gasteiger partial charge in [0.2, 0.25) is 0 Å². The second-order valence-electron chi connectivity index (χ2n) is 11.5. The molecule has 0 amide bonds. The predicted octanol–water partition coefficient (Wildman–Crippen LogP) is 13.1. The van der Waals surface area contributed by atoms with Crippen molar-refractivity contribution in [1.29, 1.82) is 0 Å². The van der Waals surface area contributed by atoms with Gasteiger partial charge in [0.25, 0.3) is 0 Å². The van der Waals surface area contributed by atoms with E-state index in [0.717, 1.165) is 32.8 Å². The standard InChI is InChI=1S/C42H27BrN2S/c43-38-20-9-7-18-33(38)28-12-11-17-31(24-28)44(29-13-3-1-4-14-29)32-22-23-34-36-26-37-35-19-8-10-21-41(35)46-42(37)27-40(36)45(39(34)25-32)30-15-5-2-6-16-30/h1-27H. The van der Waals surface area contributed by atoms with Gasteiger partial charge in [0.05, 0.1) is 11.0 Å². The second-order valence-corrected chi connectivity index (χ2v) is 13.5. The first kappa shape index (κ1) is 27.2. The van der Waals surface area contributed by atoms with Gasteiger partial charge in [0, 0.05) is 58.2 Å². The maximum absolute atomic E-state index is 3.77. The topological polar surface area (TPSA) is 8.17 Å². The molecule has 46 heavy (non-hydrogen) atoms. The van der Waals surface area contributed by atoms with Crippen LogP contribution in [-0.2, 0) is 0 Å². The monoisotopic (exact) mass is 670 g/mol. The molecule has 0 saturated heterocycles. The van der Waals surface area contributed by atoms with Crippen molar-refractivity contribution >= 4 is 86.3 Å². The van der Waals surface area contributed by atoms with Crippen molar-refractivity contribution < 1.29 is 0 Å².